The summed E-state index contributed by atoms with van der Waals surface area (Å²) in [6.07, 6.45) is 1.37. The zero-order valence-corrected chi connectivity index (χ0v) is 9.02. The molecule has 1 heterocycles. The fourth-order valence-electron chi connectivity index (χ4n) is 1.24. The van der Waals surface area contributed by atoms with Gasteiger partial charge in [-0.1, -0.05) is 21.1 Å². The molecule has 0 saturated heterocycles. The van der Waals surface area contributed by atoms with Crippen LogP contribution in [0.4, 0.5) is 5.88 Å². The van der Waals surface area contributed by atoms with Gasteiger partial charge in [0.1, 0.15) is 0 Å². The van der Waals surface area contributed by atoms with Gasteiger partial charge in [-0.3, -0.25) is 0 Å². The maximum absolute atomic E-state index is 9.62. The van der Waals surface area contributed by atoms with Crippen LogP contribution >= 0.6 is 15.9 Å². The number of hydrogen-bond acceptors (Lipinski definition) is 5. The van der Waals surface area contributed by atoms with E-state index in [1.165, 1.54) is 12.3 Å². The number of aromatic nitrogens is 1. The number of hydrogen-bond donors (Lipinski definition) is 3. The van der Waals surface area contributed by atoms with Crippen molar-refractivity contribution in [1.29, 1.82) is 0 Å². The zero-order valence-electron chi connectivity index (χ0n) is 7.44. The molecule has 0 radical (unpaired) electrons. The van der Waals surface area contributed by atoms with E-state index in [1.807, 2.05) is 0 Å². The summed E-state index contributed by atoms with van der Waals surface area (Å²) in [6.45, 7) is 0. The molecule has 4 N–H and O–H groups in total. The molecule has 0 amide bonds. The van der Waals surface area contributed by atoms with Crippen LogP contribution in [0.3, 0.4) is 0 Å². The third-order valence-corrected chi connectivity index (χ3v) is 2.40. The van der Waals surface area contributed by atoms with Crippen molar-refractivity contribution in [2.75, 3.05) is 5.73 Å². The van der Waals surface area contributed by atoms with E-state index in [4.69, 9.17) is 5.73 Å². The number of rotatable bonds is 1. The fourth-order valence-corrected chi connectivity index (χ4v) is 1.69. The van der Waals surface area contributed by atoms with Crippen molar-refractivity contribution < 1.29 is 14.7 Å². The summed E-state index contributed by atoms with van der Waals surface area (Å²) in [5, 5.41) is 22.5. The lowest BCUT2D eigenvalue weighted by Gasteiger charge is -2.05. The number of aromatic hydroxyl groups is 2. The largest absolute Gasteiger partial charge is 0.504 e. The SMILES string of the molecule is Nc1oncc1-c1cc(Br)cc(O)c1O. The van der Waals surface area contributed by atoms with Crippen LogP contribution in [0.5, 0.6) is 11.5 Å². The van der Waals surface area contributed by atoms with Gasteiger partial charge in [-0.05, 0) is 12.1 Å². The molecule has 0 bridgehead atoms. The first-order chi connectivity index (χ1) is 7.09. The van der Waals surface area contributed by atoms with Gasteiger partial charge in [0.25, 0.3) is 0 Å². The van der Waals surface area contributed by atoms with E-state index in [2.05, 4.69) is 25.6 Å². The molecule has 2 rings (SSSR count). The minimum Gasteiger partial charge on any atom is -0.504 e. The lowest BCUT2D eigenvalue weighted by atomic mass is 10.1. The molecule has 0 aliphatic heterocycles. The highest BCUT2D eigenvalue weighted by atomic mass is 79.9. The summed E-state index contributed by atoms with van der Waals surface area (Å²) in [7, 11) is 0. The van der Waals surface area contributed by atoms with Gasteiger partial charge in [-0.15, -0.1) is 0 Å². The highest BCUT2D eigenvalue weighted by Gasteiger charge is 2.15. The van der Waals surface area contributed by atoms with Crippen LogP contribution in [0.25, 0.3) is 11.1 Å². The van der Waals surface area contributed by atoms with E-state index in [-0.39, 0.29) is 17.4 Å². The standard InChI is InChI=1S/C9H7BrN2O3/c10-4-1-5(8(14)7(13)2-4)6-3-12-15-9(6)11/h1-3,13-14H,11H2. The Balaban J connectivity index is 2.68. The lowest BCUT2D eigenvalue weighted by Crippen LogP contribution is -1.85. The Morgan fingerprint density at radius 2 is 2.00 bits per heavy atom. The minimum absolute atomic E-state index is 0.0859. The number of nitrogens with zero attached hydrogens (tertiary/aromatic N) is 1. The maximum Gasteiger partial charge on any atom is 0.230 e. The number of nitrogen functional groups attached to an aromatic ring is 1. The van der Waals surface area contributed by atoms with Crippen molar-refractivity contribution in [3.63, 3.8) is 0 Å². The molecule has 0 atom stereocenters. The van der Waals surface area contributed by atoms with Crippen LogP contribution < -0.4 is 5.73 Å². The molecular weight excluding hydrogens is 264 g/mol. The van der Waals surface area contributed by atoms with Crippen molar-refractivity contribution in [2.24, 2.45) is 0 Å². The molecule has 5 nitrogen and oxygen atoms in total. The molecule has 2 aromatic rings. The van der Waals surface area contributed by atoms with Crippen LogP contribution in [0.15, 0.2) is 27.3 Å². The predicted octanol–water partition coefficient (Wildman–Crippen LogP) is 2.10. The molecule has 0 fully saturated rings. The van der Waals surface area contributed by atoms with Crippen LogP contribution in [-0.2, 0) is 0 Å². The highest BCUT2D eigenvalue weighted by Crippen LogP contribution is 2.40. The predicted molar refractivity (Wildman–Crippen MR) is 57.4 cm³/mol. The van der Waals surface area contributed by atoms with Crippen molar-refractivity contribution in [2.45, 2.75) is 0 Å². The molecule has 0 aliphatic carbocycles. The molecular formula is C9H7BrN2O3. The van der Waals surface area contributed by atoms with E-state index in [9.17, 15) is 10.2 Å². The molecule has 0 saturated carbocycles. The molecule has 1 aromatic heterocycles. The molecule has 15 heavy (non-hydrogen) atoms. The molecule has 0 spiro atoms. The third kappa shape index (κ3) is 1.63. The maximum atomic E-state index is 9.62. The Bertz CT molecular complexity index is 510. The topological polar surface area (TPSA) is 92.5 Å². The Hall–Kier alpha value is -1.69. The van der Waals surface area contributed by atoms with Crippen LogP contribution in [0.2, 0.25) is 0 Å². The number of benzene rings is 1. The molecule has 0 aliphatic rings. The number of anilines is 1. The van der Waals surface area contributed by atoms with E-state index >= 15 is 0 Å². The van der Waals surface area contributed by atoms with Crippen LogP contribution in [0.1, 0.15) is 0 Å². The quantitative estimate of drug-likeness (QED) is 0.690. The summed E-state index contributed by atoms with van der Waals surface area (Å²) in [5.41, 5.74) is 6.30. The Morgan fingerprint density at radius 1 is 1.27 bits per heavy atom. The van der Waals surface area contributed by atoms with E-state index in [1.54, 1.807) is 6.07 Å². The summed E-state index contributed by atoms with van der Waals surface area (Å²) in [6, 6.07) is 2.99. The average molecular weight is 271 g/mol. The molecule has 78 valence electrons. The smallest absolute Gasteiger partial charge is 0.230 e. The van der Waals surface area contributed by atoms with E-state index < -0.39 is 0 Å². The van der Waals surface area contributed by atoms with Gasteiger partial charge in [0, 0.05) is 10.0 Å². The second-order valence-electron chi connectivity index (χ2n) is 2.92. The second-order valence-corrected chi connectivity index (χ2v) is 3.84. The van der Waals surface area contributed by atoms with E-state index in [0.717, 1.165) is 0 Å². The van der Waals surface area contributed by atoms with Crippen LogP contribution in [0, 0.1) is 0 Å². The first-order valence-corrected chi connectivity index (χ1v) is 4.81. The summed E-state index contributed by atoms with van der Waals surface area (Å²) in [5.74, 6) is -0.407. The van der Waals surface area contributed by atoms with E-state index in [0.29, 0.717) is 15.6 Å². The second kappa shape index (κ2) is 3.47. The van der Waals surface area contributed by atoms with Gasteiger partial charge in [-0.2, -0.15) is 0 Å². The van der Waals surface area contributed by atoms with Gasteiger partial charge in [0.05, 0.1) is 11.8 Å². The number of nitrogens with two attached hydrogens (primary N) is 1. The fraction of sp³-hybridized carbons (Fsp3) is 0. The number of halogens is 1. The Kier molecular flexibility index (Phi) is 2.28. The molecule has 6 heteroatoms. The Labute approximate surface area is 93.2 Å². The molecule has 1 aromatic carbocycles. The first-order valence-electron chi connectivity index (χ1n) is 4.01. The first kappa shape index (κ1) is 9.85. The monoisotopic (exact) mass is 270 g/mol. The normalized spacial score (nSPS) is 10.5. The summed E-state index contributed by atoms with van der Waals surface area (Å²) in [4.78, 5) is 0. The number of phenolic OH excluding ortho intramolecular Hbond substituents is 2. The van der Waals surface area contributed by atoms with Crippen molar-refractivity contribution >= 4 is 21.8 Å². The number of phenols is 2. The third-order valence-electron chi connectivity index (χ3n) is 1.94. The van der Waals surface area contributed by atoms with Gasteiger partial charge in [-0.25, -0.2) is 0 Å². The minimum atomic E-state index is -0.256. The lowest BCUT2D eigenvalue weighted by molar-refractivity contribution is 0.405. The Morgan fingerprint density at radius 3 is 2.60 bits per heavy atom. The van der Waals surface area contributed by atoms with Gasteiger partial charge in [0.2, 0.25) is 5.88 Å². The average Bonchev–Trinajstić information content (AvgIpc) is 2.58. The van der Waals surface area contributed by atoms with Gasteiger partial charge >= 0.3 is 0 Å². The van der Waals surface area contributed by atoms with Crippen LogP contribution in [-0.4, -0.2) is 15.4 Å². The highest BCUT2D eigenvalue weighted by molar-refractivity contribution is 9.10. The van der Waals surface area contributed by atoms with Gasteiger partial charge < -0.3 is 20.5 Å². The summed E-state index contributed by atoms with van der Waals surface area (Å²) >= 11 is 3.19. The van der Waals surface area contributed by atoms with Gasteiger partial charge in [0.15, 0.2) is 11.5 Å². The summed E-state index contributed by atoms with van der Waals surface area (Å²) < 4.78 is 5.29. The van der Waals surface area contributed by atoms with Crippen molar-refractivity contribution in [3.05, 3.63) is 22.8 Å². The zero-order chi connectivity index (χ0) is 11.0. The molecule has 0 unspecified atom stereocenters. The van der Waals surface area contributed by atoms with Crippen molar-refractivity contribution in [3.8, 4) is 22.6 Å². The van der Waals surface area contributed by atoms with Crippen molar-refractivity contribution in [1.82, 2.24) is 5.16 Å².